The van der Waals surface area contributed by atoms with Crippen LogP contribution in [0, 0.1) is 12.3 Å². The van der Waals surface area contributed by atoms with E-state index in [4.69, 9.17) is 0 Å². The highest BCUT2D eigenvalue weighted by Crippen LogP contribution is 2.44. The molecule has 5 aromatic rings. The molecular weight excluding hydrogens is 530 g/mol. The van der Waals surface area contributed by atoms with E-state index in [0.717, 1.165) is 19.3 Å². The minimum atomic E-state index is 0.0405. The molecule has 0 saturated heterocycles. The van der Waals surface area contributed by atoms with Gasteiger partial charge in [0.2, 0.25) is 5.69 Å². The summed E-state index contributed by atoms with van der Waals surface area (Å²) >= 11 is 0. The van der Waals surface area contributed by atoms with Gasteiger partial charge in [0.15, 0.2) is 11.2 Å². The third-order valence-electron chi connectivity index (χ3n) is 11.1. The van der Waals surface area contributed by atoms with Gasteiger partial charge in [-0.1, -0.05) is 139 Å². The van der Waals surface area contributed by atoms with E-state index >= 15 is 0 Å². The van der Waals surface area contributed by atoms with Gasteiger partial charge in [-0.25, -0.2) is 0 Å². The zero-order chi connectivity index (χ0) is 31.3. The summed E-state index contributed by atoms with van der Waals surface area (Å²) in [4.78, 5) is 0. The molecule has 0 N–H and O–H groups in total. The molecule has 1 nitrogen and oxygen atoms in total. The third-order valence-corrected chi connectivity index (χ3v) is 11.1. The average molecular weight is 579 g/mol. The molecule has 6 rings (SSSR count). The number of aryl methyl sites for hydroxylation is 1. The number of nitrogens with zero attached hydrogens (tertiary/aromatic N) is 1. The third kappa shape index (κ3) is 5.11. The fourth-order valence-corrected chi connectivity index (χ4v) is 7.09. The number of pyridine rings is 1. The summed E-state index contributed by atoms with van der Waals surface area (Å²) in [5.41, 5.74) is 14.8. The molecule has 0 spiro atoms. The first-order valence-electron chi connectivity index (χ1n) is 16.4. The summed E-state index contributed by atoms with van der Waals surface area (Å²) in [7, 11) is 0. The Bertz CT molecular complexity index is 1780. The van der Waals surface area contributed by atoms with E-state index in [2.05, 4.69) is 169 Å². The molecule has 1 heteroatoms. The van der Waals surface area contributed by atoms with Crippen molar-refractivity contribution in [3.63, 3.8) is 0 Å². The fraction of sp³-hybridized carbons (Fsp3) is 0.326. The molecule has 44 heavy (non-hydrogen) atoms. The van der Waals surface area contributed by atoms with Crippen molar-refractivity contribution in [3.8, 4) is 44.6 Å². The van der Waals surface area contributed by atoms with Crippen LogP contribution in [-0.2, 0) is 17.4 Å². The molecule has 0 atom stereocenters. The smallest absolute Gasteiger partial charge is 0.190 e. The van der Waals surface area contributed by atoms with E-state index in [1.54, 1.807) is 0 Å². The largest absolute Gasteiger partial charge is 0.213 e. The maximum atomic E-state index is 2.68. The second-order valence-electron chi connectivity index (χ2n) is 14.5. The van der Waals surface area contributed by atoms with Gasteiger partial charge in [0.05, 0.1) is 5.56 Å². The molecule has 1 aliphatic rings. The first-order valence-corrected chi connectivity index (χ1v) is 16.4. The van der Waals surface area contributed by atoms with Crippen molar-refractivity contribution in [1.29, 1.82) is 0 Å². The van der Waals surface area contributed by atoms with E-state index in [0.29, 0.717) is 0 Å². The summed E-state index contributed by atoms with van der Waals surface area (Å²) in [6.45, 7) is 19.0. The number of aromatic nitrogens is 1. The Balaban J connectivity index is 1.39. The van der Waals surface area contributed by atoms with Crippen LogP contribution in [0.1, 0.15) is 78.1 Å². The van der Waals surface area contributed by atoms with Gasteiger partial charge in [-0.05, 0) is 61.4 Å². The lowest BCUT2D eigenvalue weighted by atomic mass is 9.65. The summed E-state index contributed by atoms with van der Waals surface area (Å²) in [6.07, 6.45) is 3.33. The van der Waals surface area contributed by atoms with Crippen molar-refractivity contribution in [1.82, 2.24) is 0 Å². The quantitative estimate of drug-likeness (QED) is 0.176. The van der Waals surface area contributed by atoms with Crippen molar-refractivity contribution in [3.05, 3.63) is 126 Å². The zero-order valence-corrected chi connectivity index (χ0v) is 28.0. The second kappa shape index (κ2) is 11.2. The highest BCUT2D eigenvalue weighted by atomic mass is 15.1. The van der Waals surface area contributed by atoms with Crippen LogP contribution in [0.2, 0.25) is 0 Å². The van der Waals surface area contributed by atoms with Crippen LogP contribution in [0.5, 0.6) is 0 Å². The van der Waals surface area contributed by atoms with Crippen molar-refractivity contribution in [2.24, 2.45) is 5.41 Å². The Hall–Kier alpha value is -3.97. The van der Waals surface area contributed by atoms with E-state index in [1.165, 1.54) is 61.5 Å². The molecule has 1 aliphatic heterocycles. The molecule has 0 radical (unpaired) electrons. The molecular formula is C43H48N+. The van der Waals surface area contributed by atoms with Crippen molar-refractivity contribution < 1.29 is 4.57 Å². The van der Waals surface area contributed by atoms with Gasteiger partial charge in [0.25, 0.3) is 0 Å². The highest BCUT2D eigenvalue weighted by molar-refractivity contribution is 5.77. The van der Waals surface area contributed by atoms with Crippen LogP contribution in [0.25, 0.3) is 44.6 Å². The molecule has 0 bridgehead atoms. The summed E-state index contributed by atoms with van der Waals surface area (Å²) in [6, 6.07) is 40.8. The van der Waals surface area contributed by atoms with Crippen LogP contribution in [-0.4, -0.2) is 0 Å². The minimum absolute atomic E-state index is 0.0405. The molecule has 0 fully saturated rings. The van der Waals surface area contributed by atoms with Gasteiger partial charge in [-0.2, -0.15) is 4.57 Å². The monoisotopic (exact) mass is 578 g/mol. The predicted octanol–water partition coefficient (Wildman–Crippen LogP) is 11.3. The van der Waals surface area contributed by atoms with Gasteiger partial charge in [0.1, 0.15) is 0 Å². The minimum Gasteiger partial charge on any atom is -0.190 e. The number of hydrogen-bond acceptors (Lipinski definition) is 0. The molecule has 4 aromatic carbocycles. The molecule has 1 aromatic heterocycles. The van der Waals surface area contributed by atoms with E-state index in [9.17, 15) is 0 Å². The Morgan fingerprint density at radius 1 is 0.591 bits per heavy atom. The van der Waals surface area contributed by atoms with Crippen molar-refractivity contribution in [2.75, 3.05) is 0 Å². The maximum Gasteiger partial charge on any atom is 0.213 e. The van der Waals surface area contributed by atoms with Gasteiger partial charge in [0, 0.05) is 38.3 Å². The standard InChI is InChI=1S/C43H48N/c1-9-43(10-2)29-37-25-24-36(27-39(37)40-28-38(26-30(3)44(40)43)42(7,8)41(4,5)6)35-22-20-34(21-23-35)33-18-16-32(17-19-33)31-14-12-11-13-15-31/h11-28H,9-10,29H2,1-8H3/q+1. The van der Waals surface area contributed by atoms with Crippen molar-refractivity contribution >= 4 is 0 Å². The normalized spacial score (nSPS) is 14.2. The lowest BCUT2D eigenvalue weighted by molar-refractivity contribution is -0.763. The molecule has 0 unspecified atom stereocenters. The van der Waals surface area contributed by atoms with Crippen LogP contribution < -0.4 is 4.57 Å². The van der Waals surface area contributed by atoms with Crippen LogP contribution in [0.3, 0.4) is 0 Å². The molecule has 224 valence electrons. The number of rotatable bonds is 6. The summed E-state index contributed by atoms with van der Waals surface area (Å²) in [5, 5.41) is 0. The van der Waals surface area contributed by atoms with Crippen LogP contribution in [0.15, 0.2) is 109 Å². The lowest BCUT2D eigenvalue weighted by Crippen LogP contribution is -2.62. The first kappa shape index (κ1) is 30.1. The van der Waals surface area contributed by atoms with E-state index in [1.807, 2.05) is 0 Å². The number of hydrogen-bond donors (Lipinski definition) is 0. The Labute approximate surface area is 265 Å². The highest BCUT2D eigenvalue weighted by Gasteiger charge is 2.46. The maximum absolute atomic E-state index is 2.68. The topological polar surface area (TPSA) is 3.88 Å². The molecule has 0 saturated carbocycles. The Kier molecular flexibility index (Phi) is 7.65. The van der Waals surface area contributed by atoms with E-state index < -0.39 is 0 Å². The predicted molar refractivity (Wildman–Crippen MR) is 188 cm³/mol. The van der Waals surface area contributed by atoms with Gasteiger partial charge in [-0.3, -0.25) is 0 Å². The SMILES string of the molecule is CCC1(CC)Cc2ccc(-c3ccc(-c4ccc(-c5ccccc5)cc4)cc3)cc2-c2cc(C(C)(C)C(C)(C)C)cc(C)[n+]21. The second-order valence-corrected chi connectivity index (χ2v) is 14.5. The summed E-state index contributed by atoms with van der Waals surface area (Å²) in [5.74, 6) is 0. The van der Waals surface area contributed by atoms with Crippen molar-refractivity contribution in [2.45, 2.75) is 85.6 Å². The number of benzene rings is 4. The van der Waals surface area contributed by atoms with Crippen LogP contribution in [0.4, 0.5) is 0 Å². The van der Waals surface area contributed by atoms with E-state index in [-0.39, 0.29) is 16.4 Å². The Morgan fingerprint density at radius 3 is 1.57 bits per heavy atom. The molecule has 2 heterocycles. The van der Waals surface area contributed by atoms with Gasteiger partial charge < -0.3 is 0 Å². The first-order chi connectivity index (χ1) is 21.0. The molecule has 0 aliphatic carbocycles. The Morgan fingerprint density at radius 2 is 1.07 bits per heavy atom. The summed E-state index contributed by atoms with van der Waals surface area (Å²) < 4.78 is 2.68. The molecule has 0 amide bonds. The van der Waals surface area contributed by atoms with Gasteiger partial charge >= 0.3 is 0 Å². The fourth-order valence-electron chi connectivity index (χ4n) is 7.09. The lowest BCUT2D eigenvalue weighted by Gasteiger charge is -2.41. The zero-order valence-electron chi connectivity index (χ0n) is 28.0. The van der Waals surface area contributed by atoms with Crippen LogP contribution >= 0.6 is 0 Å². The average Bonchev–Trinajstić information content (AvgIpc) is 3.04. The van der Waals surface area contributed by atoms with Gasteiger partial charge in [-0.15, -0.1) is 0 Å². The number of fused-ring (bicyclic) bond motifs is 3.